The van der Waals surface area contributed by atoms with Crippen LogP contribution in [0, 0.1) is 0 Å². The highest BCUT2D eigenvalue weighted by atomic mass is 15.3. The zero-order chi connectivity index (χ0) is 7.56. The molecule has 1 aliphatic heterocycles. The summed E-state index contributed by atoms with van der Waals surface area (Å²) in [5.41, 5.74) is 2.81. The highest BCUT2D eigenvalue weighted by Gasteiger charge is 2.20. The molecule has 3 nitrogen and oxygen atoms in total. The van der Waals surface area contributed by atoms with E-state index in [2.05, 4.69) is 24.3 Å². The number of piperidine rings is 1. The fraction of sp³-hybridized carbons (Fsp3) is 1.00. The van der Waals surface area contributed by atoms with E-state index in [0.717, 1.165) is 12.6 Å². The molecule has 0 aromatic rings. The van der Waals surface area contributed by atoms with Crippen molar-refractivity contribution in [3.8, 4) is 0 Å². The predicted molar refractivity (Wildman–Crippen MR) is 42.4 cm³/mol. The van der Waals surface area contributed by atoms with Crippen LogP contribution in [0.2, 0.25) is 0 Å². The van der Waals surface area contributed by atoms with Gasteiger partial charge in [-0.15, -0.1) is 0 Å². The molecule has 0 aromatic carbocycles. The average molecular weight is 143 g/mol. The minimum atomic E-state index is 0.501. The lowest BCUT2D eigenvalue weighted by atomic mass is 10.0. The standard InChI is InChI=1S/C7H17N3/c1-6-3-4-7(9-8)5-10(6)2/h6-7,9H,3-5,8H2,1-2H3. The van der Waals surface area contributed by atoms with Crippen LogP contribution in [0.5, 0.6) is 0 Å². The Morgan fingerprint density at radius 2 is 2.20 bits per heavy atom. The molecule has 60 valence electrons. The van der Waals surface area contributed by atoms with Gasteiger partial charge in [-0.2, -0.15) is 0 Å². The van der Waals surface area contributed by atoms with Gasteiger partial charge in [-0.25, -0.2) is 0 Å². The molecule has 0 amide bonds. The van der Waals surface area contributed by atoms with Crippen molar-refractivity contribution in [2.24, 2.45) is 5.84 Å². The molecule has 1 fully saturated rings. The van der Waals surface area contributed by atoms with E-state index in [1.807, 2.05) is 0 Å². The molecule has 1 aliphatic rings. The molecule has 3 heteroatoms. The third-order valence-corrected chi connectivity index (χ3v) is 2.43. The van der Waals surface area contributed by atoms with Crippen molar-refractivity contribution in [2.75, 3.05) is 13.6 Å². The normalized spacial score (nSPS) is 36.3. The maximum atomic E-state index is 5.33. The Bertz CT molecular complexity index is 105. The zero-order valence-corrected chi connectivity index (χ0v) is 6.80. The Labute approximate surface area is 62.5 Å². The van der Waals surface area contributed by atoms with Gasteiger partial charge in [0.2, 0.25) is 0 Å². The largest absolute Gasteiger partial charge is 0.302 e. The van der Waals surface area contributed by atoms with Crippen molar-refractivity contribution in [2.45, 2.75) is 31.8 Å². The fourth-order valence-electron chi connectivity index (χ4n) is 1.42. The molecule has 2 unspecified atom stereocenters. The van der Waals surface area contributed by atoms with Crippen LogP contribution < -0.4 is 11.3 Å². The highest BCUT2D eigenvalue weighted by Crippen LogP contribution is 2.13. The zero-order valence-electron chi connectivity index (χ0n) is 6.80. The van der Waals surface area contributed by atoms with Crippen molar-refractivity contribution in [3.63, 3.8) is 0 Å². The van der Waals surface area contributed by atoms with Gasteiger partial charge >= 0.3 is 0 Å². The van der Waals surface area contributed by atoms with Crippen LogP contribution in [-0.2, 0) is 0 Å². The molecule has 0 saturated carbocycles. The summed E-state index contributed by atoms with van der Waals surface area (Å²) < 4.78 is 0. The van der Waals surface area contributed by atoms with Crippen LogP contribution >= 0.6 is 0 Å². The minimum Gasteiger partial charge on any atom is -0.302 e. The number of likely N-dealkylation sites (tertiary alicyclic amines) is 1. The predicted octanol–water partition coefficient (Wildman–Crippen LogP) is -0.0676. The Balaban J connectivity index is 2.33. The second-order valence-electron chi connectivity index (χ2n) is 3.23. The molecule has 0 bridgehead atoms. The number of rotatable bonds is 1. The second kappa shape index (κ2) is 3.32. The van der Waals surface area contributed by atoms with Crippen LogP contribution in [0.3, 0.4) is 0 Å². The third-order valence-electron chi connectivity index (χ3n) is 2.43. The number of nitrogens with one attached hydrogen (secondary N) is 1. The molecular formula is C7H17N3. The van der Waals surface area contributed by atoms with Gasteiger partial charge in [0.1, 0.15) is 0 Å². The smallest absolute Gasteiger partial charge is 0.0338 e. The first-order valence-corrected chi connectivity index (χ1v) is 3.90. The first kappa shape index (κ1) is 7.98. The number of nitrogens with zero attached hydrogens (tertiary/aromatic N) is 1. The van der Waals surface area contributed by atoms with Crippen molar-refractivity contribution >= 4 is 0 Å². The molecule has 0 radical (unpaired) electrons. The maximum Gasteiger partial charge on any atom is 0.0338 e. The highest BCUT2D eigenvalue weighted by molar-refractivity contribution is 4.79. The van der Waals surface area contributed by atoms with Gasteiger partial charge in [0.25, 0.3) is 0 Å². The maximum absolute atomic E-state index is 5.33. The van der Waals surface area contributed by atoms with Gasteiger partial charge in [-0.1, -0.05) is 0 Å². The number of hydrogen-bond donors (Lipinski definition) is 2. The molecule has 1 saturated heterocycles. The van der Waals surface area contributed by atoms with Gasteiger partial charge in [-0.05, 0) is 26.8 Å². The fourth-order valence-corrected chi connectivity index (χ4v) is 1.42. The van der Waals surface area contributed by atoms with Crippen LogP contribution in [-0.4, -0.2) is 30.6 Å². The lowest BCUT2D eigenvalue weighted by Crippen LogP contribution is -2.49. The average Bonchev–Trinajstić information content (AvgIpc) is 1.95. The van der Waals surface area contributed by atoms with Crippen molar-refractivity contribution < 1.29 is 0 Å². The van der Waals surface area contributed by atoms with Crippen LogP contribution in [0.15, 0.2) is 0 Å². The van der Waals surface area contributed by atoms with Gasteiger partial charge in [0.05, 0.1) is 0 Å². The first-order chi connectivity index (χ1) is 4.74. The quantitative estimate of drug-likeness (QED) is 0.399. The molecule has 1 heterocycles. The number of hydrazine groups is 1. The summed E-state index contributed by atoms with van der Waals surface area (Å²) in [7, 11) is 2.15. The van der Waals surface area contributed by atoms with Gasteiger partial charge in [0.15, 0.2) is 0 Å². The summed E-state index contributed by atoms with van der Waals surface area (Å²) in [5.74, 6) is 5.33. The molecule has 10 heavy (non-hydrogen) atoms. The monoisotopic (exact) mass is 143 g/mol. The van der Waals surface area contributed by atoms with Crippen LogP contribution in [0.1, 0.15) is 19.8 Å². The van der Waals surface area contributed by atoms with E-state index in [9.17, 15) is 0 Å². The van der Waals surface area contributed by atoms with Gasteiger partial charge in [0, 0.05) is 18.6 Å². The van der Waals surface area contributed by atoms with E-state index in [1.54, 1.807) is 0 Å². The van der Waals surface area contributed by atoms with E-state index in [4.69, 9.17) is 5.84 Å². The van der Waals surface area contributed by atoms with E-state index < -0.39 is 0 Å². The summed E-state index contributed by atoms with van der Waals surface area (Å²) in [5, 5.41) is 0. The molecule has 0 aromatic heterocycles. The van der Waals surface area contributed by atoms with Gasteiger partial charge in [-0.3, -0.25) is 11.3 Å². The van der Waals surface area contributed by atoms with Gasteiger partial charge < -0.3 is 4.90 Å². The lowest BCUT2D eigenvalue weighted by Gasteiger charge is -2.34. The Morgan fingerprint density at radius 1 is 1.50 bits per heavy atom. The van der Waals surface area contributed by atoms with E-state index >= 15 is 0 Å². The van der Waals surface area contributed by atoms with E-state index in [-0.39, 0.29) is 0 Å². The molecule has 0 spiro atoms. The van der Waals surface area contributed by atoms with Crippen LogP contribution in [0.4, 0.5) is 0 Å². The number of likely N-dealkylation sites (N-methyl/N-ethyl adjacent to an activating group) is 1. The minimum absolute atomic E-state index is 0.501. The summed E-state index contributed by atoms with van der Waals surface area (Å²) in [6.45, 7) is 3.34. The molecular weight excluding hydrogens is 126 g/mol. The van der Waals surface area contributed by atoms with E-state index in [1.165, 1.54) is 12.8 Å². The van der Waals surface area contributed by atoms with Crippen molar-refractivity contribution in [3.05, 3.63) is 0 Å². The summed E-state index contributed by atoms with van der Waals surface area (Å²) in [6, 6.07) is 1.23. The third kappa shape index (κ3) is 1.68. The summed E-state index contributed by atoms with van der Waals surface area (Å²) in [6.07, 6.45) is 2.47. The van der Waals surface area contributed by atoms with Crippen molar-refractivity contribution in [1.82, 2.24) is 10.3 Å². The Morgan fingerprint density at radius 3 is 2.70 bits per heavy atom. The summed E-state index contributed by atoms with van der Waals surface area (Å²) >= 11 is 0. The molecule has 2 atom stereocenters. The Kier molecular flexibility index (Phi) is 2.65. The number of hydrogen-bond acceptors (Lipinski definition) is 3. The molecule has 1 rings (SSSR count). The topological polar surface area (TPSA) is 41.3 Å². The van der Waals surface area contributed by atoms with Crippen molar-refractivity contribution in [1.29, 1.82) is 0 Å². The molecule has 3 N–H and O–H groups in total. The molecule has 0 aliphatic carbocycles. The summed E-state index contributed by atoms with van der Waals surface area (Å²) in [4.78, 5) is 2.34. The first-order valence-electron chi connectivity index (χ1n) is 3.90. The SMILES string of the molecule is CC1CCC(NN)CN1C. The second-order valence-corrected chi connectivity index (χ2v) is 3.23. The Hall–Kier alpha value is -0.120. The lowest BCUT2D eigenvalue weighted by molar-refractivity contribution is 0.166. The van der Waals surface area contributed by atoms with E-state index in [0.29, 0.717) is 6.04 Å². The number of nitrogens with two attached hydrogens (primary N) is 1. The van der Waals surface area contributed by atoms with Crippen LogP contribution in [0.25, 0.3) is 0 Å².